The molecule has 0 radical (unpaired) electrons. The molecule has 1 heterocycles. The molecular weight excluding hydrogens is 572 g/mol. The van der Waals surface area contributed by atoms with Crippen LogP contribution in [0.25, 0.3) is 0 Å². The average molecular weight is 611 g/mol. The Labute approximate surface area is 250 Å². The summed E-state index contributed by atoms with van der Waals surface area (Å²) in [7, 11) is 1.86. The number of nitrogens with one attached hydrogen (secondary N) is 2. The third kappa shape index (κ3) is 9.28. The van der Waals surface area contributed by atoms with Crippen LogP contribution in [0.1, 0.15) is 85.8 Å². The van der Waals surface area contributed by atoms with E-state index in [0.717, 1.165) is 67.6 Å². The van der Waals surface area contributed by atoms with Crippen molar-refractivity contribution in [3.8, 4) is 0 Å². The lowest BCUT2D eigenvalue weighted by atomic mass is 10.0. The largest absolute Gasteiger partial charge is 0.310 e. The van der Waals surface area contributed by atoms with E-state index in [-0.39, 0.29) is 28.9 Å². The third-order valence-corrected chi connectivity index (χ3v) is 9.14. The smallest absolute Gasteiger partial charge is 0.243 e. The van der Waals surface area contributed by atoms with Gasteiger partial charge in [-0.25, -0.2) is 4.39 Å². The number of hydrogen-bond acceptors (Lipinski definition) is 6. The summed E-state index contributed by atoms with van der Waals surface area (Å²) in [6, 6.07) is 8.04. The van der Waals surface area contributed by atoms with Gasteiger partial charge in [-0.05, 0) is 69.3 Å². The maximum atomic E-state index is 13.8. The highest BCUT2D eigenvalue weighted by atomic mass is 35.5. The Morgan fingerprint density at radius 1 is 1.12 bits per heavy atom. The number of halogens is 3. The second kappa shape index (κ2) is 16.5. The quantitative estimate of drug-likeness (QED) is 0.0703. The van der Waals surface area contributed by atoms with Gasteiger partial charge in [0.2, 0.25) is 11.8 Å². The summed E-state index contributed by atoms with van der Waals surface area (Å²) in [6.07, 6.45) is 8.30. The zero-order valence-electron chi connectivity index (χ0n) is 23.1. The molecule has 2 aromatic carbocycles. The van der Waals surface area contributed by atoms with Gasteiger partial charge in [-0.15, -0.1) is 11.8 Å². The number of imide groups is 1. The van der Waals surface area contributed by atoms with Gasteiger partial charge in [0, 0.05) is 40.1 Å². The fourth-order valence-corrected chi connectivity index (χ4v) is 6.73. The van der Waals surface area contributed by atoms with Crippen LogP contribution in [0.2, 0.25) is 10.0 Å². The molecule has 2 amide bonds. The van der Waals surface area contributed by atoms with Gasteiger partial charge in [0.1, 0.15) is 12.1 Å². The van der Waals surface area contributed by atoms with Crippen molar-refractivity contribution in [2.45, 2.75) is 81.8 Å². The van der Waals surface area contributed by atoms with Crippen molar-refractivity contribution in [2.24, 2.45) is 0 Å². The van der Waals surface area contributed by atoms with E-state index in [1.54, 1.807) is 11.8 Å². The number of carbonyl (C=O) groups is 3. The lowest BCUT2D eigenvalue weighted by Gasteiger charge is -2.30. The normalized spacial score (nSPS) is 16.3. The highest BCUT2D eigenvalue weighted by molar-refractivity contribution is 7.99. The van der Waals surface area contributed by atoms with E-state index in [1.165, 1.54) is 12.1 Å². The molecule has 6 nitrogen and oxygen atoms in total. The second-order valence-electron chi connectivity index (χ2n) is 10.2. The van der Waals surface area contributed by atoms with Crippen molar-refractivity contribution in [1.82, 2.24) is 15.5 Å². The van der Waals surface area contributed by atoms with Crippen LogP contribution in [0.3, 0.4) is 0 Å². The van der Waals surface area contributed by atoms with Gasteiger partial charge in [0.25, 0.3) is 0 Å². The van der Waals surface area contributed by atoms with Crippen molar-refractivity contribution in [3.05, 3.63) is 62.9 Å². The van der Waals surface area contributed by atoms with E-state index in [2.05, 4.69) is 10.6 Å². The highest BCUT2D eigenvalue weighted by Gasteiger charge is 2.30. The van der Waals surface area contributed by atoms with Crippen molar-refractivity contribution < 1.29 is 18.8 Å². The molecule has 2 unspecified atom stereocenters. The van der Waals surface area contributed by atoms with Crippen LogP contribution in [0.5, 0.6) is 0 Å². The summed E-state index contributed by atoms with van der Waals surface area (Å²) in [6.45, 7) is 3.21. The van der Waals surface area contributed by atoms with Crippen LogP contribution in [0.4, 0.5) is 4.39 Å². The predicted octanol–water partition coefficient (Wildman–Crippen LogP) is 6.97. The first-order chi connectivity index (χ1) is 19.2. The zero-order chi connectivity index (χ0) is 29.1. The van der Waals surface area contributed by atoms with Gasteiger partial charge in [-0.1, -0.05) is 61.0 Å². The van der Waals surface area contributed by atoms with Gasteiger partial charge in [-0.3, -0.25) is 24.6 Å². The number of likely N-dealkylation sites (N-methyl/N-ethyl adjacent to an activating group) is 1. The number of hydrogen-bond donors (Lipinski definition) is 2. The molecule has 40 heavy (non-hydrogen) atoms. The number of thioether (sulfide) groups is 1. The van der Waals surface area contributed by atoms with Crippen LogP contribution in [0.15, 0.2) is 35.2 Å². The highest BCUT2D eigenvalue weighted by Crippen LogP contribution is 2.32. The molecule has 10 heteroatoms. The molecule has 0 aliphatic carbocycles. The molecule has 0 spiro atoms. The molecule has 0 saturated carbocycles. The lowest BCUT2D eigenvalue weighted by molar-refractivity contribution is -0.137. The number of piperidine rings is 1. The van der Waals surface area contributed by atoms with E-state index in [4.69, 9.17) is 23.2 Å². The minimum Gasteiger partial charge on any atom is -0.310 e. The monoisotopic (exact) mass is 609 g/mol. The fourth-order valence-electron chi connectivity index (χ4n) is 4.94. The lowest BCUT2D eigenvalue weighted by Crippen LogP contribution is -2.51. The molecule has 0 bridgehead atoms. The third-order valence-electron chi connectivity index (χ3n) is 7.24. The fraction of sp³-hybridized carbons (Fsp3) is 0.500. The van der Waals surface area contributed by atoms with Crippen LogP contribution in [-0.4, -0.2) is 48.4 Å². The molecule has 1 saturated heterocycles. The number of rotatable bonds is 16. The molecule has 1 aliphatic rings. The van der Waals surface area contributed by atoms with Crippen LogP contribution in [-0.2, 0) is 16.1 Å². The van der Waals surface area contributed by atoms with Gasteiger partial charge < -0.3 is 5.32 Å². The summed E-state index contributed by atoms with van der Waals surface area (Å²) in [5.41, 5.74) is 2.16. The second-order valence-corrected chi connectivity index (χ2v) is 12.1. The maximum Gasteiger partial charge on any atom is 0.243 e. The van der Waals surface area contributed by atoms with Crippen molar-refractivity contribution >= 4 is 53.1 Å². The Hall–Kier alpha value is -1.97. The maximum absolute atomic E-state index is 13.8. The summed E-state index contributed by atoms with van der Waals surface area (Å²) < 4.78 is 13.8. The molecule has 2 N–H and O–H groups in total. The standard InChI is InChI=1S/C30H38Cl2FN3O3S/c1-20(28-23(31)12-13-24(33)29(28)32)34-16-7-5-3-4-6-8-17-40-26-11-9-10-21(19-37)22(26)18-36(2)25-14-15-27(38)35-30(25)39/h9-13,19-20,25,34H,3-8,14-18H2,1-2H3,(H,35,38,39). The molecule has 0 aromatic heterocycles. The summed E-state index contributed by atoms with van der Waals surface area (Å²) in [5, 5.41) is 6.34. The van der Waals surface area contributed by atoms with Crippen molar-refractivity contribution in [3.63, 3.8) is 0 Å². The van der Waals surface area contributed by atoms with Crippen LogP contribution in [0, 0.1) is 5.82 Å². The Balaban J connectivity index is 1.35. The molecule has 2 atom stereocenters. The molecular formula is C30H38Cl2FN3O3S. The Bertz CT molecular complexity index is 1180. The van der Waals surface area contributed by atoms with Gasteiger partial charge in [-0.2, -0.15) is 0 Å². The average Bonchev–Trinajstić information content (AvgIpc) is 2.92. The number of amides is 2. The van der Waals surface area contributed by atoms with Gasteiger partial charge in [0.15, 0.2) is 0 Å². The van der Waals surface area contributed by atoms with Gasteiger partial charge in [0.05, 0.1) is 11.1 Å². The summed E-state index contributed by atoms with van der Waals surface area (Å²) in [5.74, 6) is -0.0181. The number of unbranched alkanes of at least 4 members (excludes halogenated alkanes) is 5. The Morgan fingerprint density at radius 3 is 2.58 bits per heavy atom. The first-order valence-corrected chi connectivity index (χ1v) is 15.6. The first kappa shape index (κ1) is 32.5. The summed E-state index contributed by atoms with van der Waals surface area (Å²) in [4.78, 5) is 38.5. The van der Waals surface area contributed by atoms with Gasteiger partial charge >= 0.3 is 0 Å². The topological polar surface area (TPSA) is 78.5 Å². The molecule has 1 aliphatic heterocycles. The number of benzene rings is 2. The number of carbonyl (C=O) groups excluding carboxylic acids is 3. The van der Waals surface area contributed by atoms with Crippen LogP contribution < -0.4 is 10.6 Å². The summed E-state index contributed by atoms with van der Waals surface area (Å²) >= 11 is 14.1. The SMILES string of the molecule is CC(NCCCCCCCCSc1cccc(C=O)c1CN(C)C1CCC(=O)NC1=O)c1c(Cl)ccc(F)c1Cl. The molecule has 2 aromatic rings. The molecule has 218 valence electrons. The van der Waals surface area contributed by atoms with E-state index in [1.807, 2.05) is 37.1 Å². The van der Waals surface area contributed by atoms with Crippen LogP contribution >= 0.6 is 35.0 Å². The number of nitrogens with zero attached hydrogens (tertiary/aromatic N) is 1. The predicted molar refractivity (Wildman–Crippen MR) is 161 cm³/mol. The minimum atomic E-state index is -0.458. The molecule has 3 rings (SSSR count). The molecule has 1 fully saturated rings. The first-order valence-electron chi connectivity index (χ1n) is 13.8. The minimum absolute atomic E-state index is 0.0803. The van der Waals surface area contributed by atoms with Crippen molar-refractivity contribution in [2.75, 3.05) is 19.3 Å². The van der Waals surface area contributed by atoms with E-state index in [9.17, 15) is 18.8 Å². The Morgan fingerprint density at radius 2 is 1.85 bits per heavy atom. The van der Waals surface area contributed by atoms with E-state index >= 15 is 0 Å². The van der Waals surface area contributed by atoms with E-state index in [0.29, 0.717) is 35.5 Å². The number of aldehydes is 1. The zero-order valence-corrected chi connectivity index (χ0v) is 25.4. The van der Waals surface area contributed by atoms with Crippen molar-refractivity contribution in [1.29, 1.82) is 0 Å². The van der Waals surface area contributed by atoms with E-state index < -0.39 is 5.82 Å². The Kier molecular flexibility index (Phi) is 13.4.